The zero-order valence-electron chi connectivity index (χ0n) is 8.09. The van der Waals surface area contributed by atoms with Crippen molar-refractivity contribution in [2.24, 2.45) is 5.11 Å². The smallest absolute Gasteiger partial charge is 0.0527 e. The van der Waals surface area contributed by atoms with Crippen LogP contribution in [-0.2, 0) is 0 Å². The second kappa shape index (κ2) is 4.35. The molecule has 4 nitrogen and oxygen atoms in total. The van der Waals surface area contributed by atoms with Gasteiger partial charge in [-0.3, -0.25) is 0 Å². The predicted molar refractivity (Wildman–Crippen MR) is 61.3 cm³/mol. The van der Waals surface area contributed by atoms with Crippen LogP contribution in [0.4, 0.5) is 0 Å². The summed E-state index contributed by atoms with van der Waals surface area (Å²) in [5.41, 5.74) is 10.3. The Labute approximate surface area is 86.9 Å². The molecule has 0 aliphatic rings. The molecule has 4 heteroatoms. The lowest BCUT2D eigenvalue weighted by molar-refractivity contribution is 1.22. The molecule has 0 unspecified atom stereocenters. The zero-order valence-corrected chi connectivity index (χ0v) is 8.09. The van der Waals surface area contributed by atoms with Gasteiger partial charge in [0.15, 0.2) is 0 Å². The fourth-order valence-electron chi connectivity index (χ4n) is 1.51. The van der Waals surface area contributed by atoms with Crippen molar-refractivity contribution in [2.45, 2.75) is 0 Å². The Morgan fingerprint density at radius 3 is 3.20 bits per heavy atom. The number of H-pyrrole nitrogens is 1. The summed E-state index contributed by atoms with van der Waals surface area (Å²) in [6, 6.07) is 8.10. The molecule has 0 spiro atoms. The van der Waals surface area contributed by atoms with E-state index < -0.39 is 0 Å². The molecule has 2 aromatic rings. The maximum Gasteiger partial charge on any atom is 0.0527 e. The highest BCUT2D eigenvalue weighted by molar-refractivity contribution is 5.87. The number of azide groups is 1. The van der Waals surface area contributed by atoms with Gasteiger partial charge >= 0.3 is 0 Å². The van der Waals surface area contributed by atoms with Crippen LogP contribution in [-0.4, -0.2) is 11.5 Å². The number of fused-ring (bicyclic) bond motifs is 1. The van der Waals surface area contributed by atoms with Crippen LogP contribution in [0.1, 0.15) is 5.56 Å². The molecule has 1 aromatic carbocycles. The second-order valence-corrected chi connectivity index (χ2v) is 3.10. The average molecular weight is 198 g/mol. The molecule has 0 saturated carbocycles. The van der Waals surface area contributed by atoms with Gasteiger partial charge in [0.2, 0.25) is 0 Å². The van der Waals surface area contributed by atoms with Crippen LogP contribution in [0.3, 0.4) is 0 Å². The highest BCUT2D eigenvalue weighted by atomic mass is 15.1. The Bertz CT molecular complexity index is 532. The maximum absolute atomic E-state index is 8.12. The van der Waals surface area contributed by atoms with E-state index >= 15 is 0 Å². The molecule has 2 rings (SSSR count). The predicted octanol–water partition coefficient (Wildman–Crippen LogP) is 3.49. The molecule has 1 aromatic heterocycles. The van der Waals surface area contributed by atoms with Crippen molar-refractivity contribution in [3.05, 3.63) is 52.5 Å². The minimum atomic E-state index is 0.383. The average Bonchev–Trinajstić information content (AvgIpc) is 2.73. The van der Waals surface area contributed by atoms with Gasteiger partial charge in [-0.15, -0.1) is 0 Å². The van der Waals surface area contributed by atoms with E-state index in [1.54, 1.807) is 0 Å². The van der Waals surface area contributed by atoms with Gasteiger partial charge in [0, 0.05) is 17.7 Å². The van der Waals surface area contributed by atoms with Crippen LogP contribution in [0.5, 0.6) is 0 Å². The van der Waals surface area contributed by atoms with Crippen molar-refractivity contribution in [3.63, 3.8) is 0 Å². The Kier molecular flexibility index (Phi) is 2.72. The zero-order chi connectivity index (χ0) is 10.5. The Balaban J connectivity index is 2.31. The van der Waals surface area contributed by atoms with Gasteiger partial charge < -0.3 is 4.98 Å². The molecule has 15 heavy (non-hydrogen) atoms. The summed E-state index contributed by atoms with van der Waals surface area (Å²) < 4.78 is 0. The van der Waals surface area contributed by atoms with Crippen molar-refractivity contribution in [2.75, 3.05) is 6.54 Å². The Morgan fingerprint density at radius 1 is 1.40 bits per heavy atom. The molecule has 0 saturated heterocycles. The fraction of sp³-hybridized carbons (Fsp3) is 0.0909. The van der Waals surface area contributed by atoms with Crippen LogP contribution < -0.4 is 0 Å². The molecular weight excluding hydrogens is 188 g/mol. The van der Waals surface area contributed by atoms with Crippen LogP contribution in [0.15, 0.2) is 41.7 Å². The third-order valence-electron chi connectivity index (χ3n) is 2.17. The van der Waals surface area contributed by atoms with Gasteiger partial charge in [0.1, 0.15) is 0 Å². The lowest BCUT2D eigenvalue weighted by Crippen LogP contribution is -1.76. The quantitative estimate of drug-likeness (QED) is 0.445. The molecule has 0 amide bonds. The van der Waals surface area contributed by atoms with Crippen LogP contribution in [0.2, 0.25) is 0 Å². The minimum absolute atomic E-state index is 0.383. The monoisotopic (exact) mass is 198 g/mol. The van der Waals surface area contributed by atoms with Crippen LogP contribution >= 0.6 is 0 Å². The first-order valence-electron chi connectivity index (χ1n) is 4.65. The summed E-state index contributed by atoms with van der Waals surface area (Å²) in [6.45, 7) is 0.383. The number of hydrogen-bond acceptors (Lipinski definition) is 1. The third-order valence-corrected chi connectivity index (χ3v) is 2.17. The molecular formula is C11H10N4. The van der Waals surface area contributed by atoms with Crippen molar-refractivity contribution >= 4 is 17.0 Å². The van der Waals surface area contributed by atoms with Crippen LogP contribution in [0.25, 0.3) is 27.4 Å². The number of nitrogens with one attached hydrogen (secondary N) is 1. The van der Waals surface area contributed by atoms with Crippen molar-refractivity contribution < 1.29 is 0 Å². The molecule has 1 N–H and O–H groups in total. The number of rotatable bonds is 3. The van der Waals surface area contributed by atoms with Crippen molar-refractivity contribution in [1.29, 1.82) is 0 Å². The summed E-state index contributed by atoms with van der Waals surface area (Å²) in [7, 11) is 0. The molecule has 0 bridgehead atoms. The number of hydrogen-bond donors (Lipinski definition) is 1. The van der Waals surface area contributed by atoms with E-state index in [0.717, 1.165) is 11.1 Å². The molecule has 0 aliphatic heterocycles. The largest absolute Gasteiger partial charge is 0.361 e. The summed E-state index contributed by atoms with van der Waals surface area (Å²) >= 11 is 0. The van der Waals surface area contributed by atoms with E-state index in [1.807, 2.05) is 36.5 Å². The van der Waals surface area contributed by atoms with Gasteiger partial charge in [-0.2, -0.15) is 0 Å². The number of aromatic amines is 1. The lowest BCUT2D eigenvalue weighted by Gasteiger charge is -1.95. The Morgan fingerprint density at radius 2 is 2.33 bits per heavy atom. The van der Waals surface area contributed by atoms with Gasteiger partial charge in [-0.1, -0.05) is 35.5 Å². The summed E-state index contributed by atoms with van der Waals surface area (Å²) in [5, 5.41) is 4.62. The van der Waals surface area contributed by atoms with Gasteiger partial charge in [-0.05, 0) is 22.5 Å². The molecule has 74 valence electrons. The number of benzene rings is 1. The molecule has 0 aliphatic carbocycles. The molecule has 0 radical (unpaired) electrons. The first-order chi connectivity index (χ1) is 7.42. The number of nitrogens with zero attached hydrogens (tertiary/aromatic N) is 3. The second-order valence-electron chi connectivity index (χ2n) is 3.10. The van der Waals surface area contributed by atoms with E-state index in [-0.39, 0.29) is 0 Å². The number of aromatic nitrogens is 1. The van der Waals surface area contributed by atoms with E-state index in [1.165, 1.54) is 5.39 Å². The number of para-hydroxylation sites is 1. The van der Waals surface area contributed by atoms with E-state index in [2.05, 4.69) is 21.1 Å². The highest BCUT2D eigenvalue weighted by Gasteiger charge is 1.96. The topological polar surface area (TPSA) is 64.6 Å². The van der Waals surface area contributed by atoms with E-state index in [4.69, 9.17) is 5.53 Å². The van der Waals surface area contributed by atoms with Gasteiger partial charge in [0.05, 0.1) is 5.52 Å². The maximum atomic E-state index is 8.12. The van der Waals surface area contributed by atoms with Gasteiger partial charge in [0.25, 0.3) is 0 Å². The minimum Gasteiger partial charge on any atom is -0.361 e. The normalized spacial score (nSPS) is 10.7. The molecule has 1 heterocycles. The summed E-state index contributed by atoms with van der Waals surface area (Å²) in [6.07, 6.45) is 5.71. The van der Waals surface area contributed by atoms with Gasteiger partial charge in [-0.25, -0.2) is 0 Å². The summed E-state index contributed by atoms with van der Waals surface area (Å²) in [5.74, 6) is 0. The first-order valence-corrected chi connectivity index (χ1v) is 4.65. The van der Waals surface area contributed by atoms with Crippen molar-refractivity contribution in [1.82, 2.24) is 4.98 Å². The molecule has 0 atom stereocenters. The molecule has 0 fully saturated rings. The van der Waals surface area contributed by atoms with Crippen molar-refractivity contribution in [3.8, 4) is 0 Å². The highest BCUT2D eigenvalue weighted by Crippen LogP contribution is 2.17. The van der Waals surface area contributed by atoms with E-state index in [9.17, 15) is 0 Å². The van der Waals surface area contributed by atoms with E-state index in [0.29, 0.717) is 6.54 Å². The SMILES string of the molecule is [N-]=[N+]=NCC=Cc1cccc2cc[nH]c12. The Hall–Kier alpha value is -2.19. The fourth-order valence-corrected chi connectivity index (χ4v) is 1.51. The van der Waals surface area contributed by atoms with Crippen LogP contribution in [0, 0.1) is 0 Å². The summed E-state index contributed by atoms with van der Waals surface area (Å²) in [4.78, 5) is 5.86. The lowest BCUT2D eigenvalue weighted by atomic mass is 10.1. The standard InChI is InChI=1S/C11H10N4/c12-15-14-7-2-5-9-3-1-4-10-6-8-13-11(9)10/h1-6,8,13H,7H2. The third kappa shape index (κ3) is 2.00. The first kappa shape index (κ1) is 9.37.